The van der Waals surface area contributed by atoms with Crippen LogP contribution in [0.1, 0.15) is 23.6 Å². The summed E-state index contributed by atoms with van der Waals surface area (Å²) in [7, 11) is 1.61. The summed E-state index contributed by atoms with van der Waals surface area (Å²) in [5.41, 5.74) is 0.146. The van der Waals surface area contributed by atoms with Gasteiger partial charge in [-0.25, -0.2) is 9.97 Å². The SMILES string of the molecule is COc1ccccc1C1CCN(c2nccc(C(F)(F)F)n2)C1. The molecular formula is C16H16F3N3O. The number of hydrogen-bond acceptors (Lipinski definition) is 4. The zero-order chi connectivity index (χ0) is 16.4. The first-order chi connectivity index (χ1) is 11.0. The van der Waals surface area contributed by atoms with Crippen LogP contribution in [-0.2, 0) is 6.18 Å². The number of anilines is 1. The van der Waals surface area contributed by atoms with Gasteiger partial charge in [0.05, 0.1) is 7.11 Å². The van der Waals surface area contributed by atoms with E-state index in [1.807, 2.05) is 24.3 Å². The Balaban J connectivity index is 1.80. The monoisotopic (exact) mass is 323 g/mol. The second-order valence-electron chi connectivity index (χ2n) is 5.41. The van der Waals surface area contributed by atoms with Crippen LogP contribution in [0, 0.1) is 0 Å². The minimum Gasteiger partial charge on any atom is -0.496 e. The Hall–Kier alpha value is -2.31. The Morgan fingerprint density at radius 3 is 2.74 bits per heavy atom. The number of rotatable bonds is 3. The molecule has 0 aliphatic carbocycles. The molecule has 0 spiro atoms. The van der Waals surface area contributed by atoms with Crippen molar-refractivity contribution in [3.8, 4) is 5.75 Å². The summed E-state index contributed by atoms with van der Waals surface area (Å²) in [6.07, 6.45) is -2.49. The molecule has 1 saturated heterocycles. The van der Waals surface area contributed by atoms with E-state index in [0.29, 0.717) is 13.1 Å². The van der Waals surface area contributed by atoms with E-state index in [4.69, 9.17) is 4.74 Å². The maximum absolute atomic E-state index is 12.8. The van der Waals surface area contributed by atoms with Gasteiger partial charge in [-0.3, -0.25) is 0 Å². The van der Waals surface area contributed by atoms with E-state index in [2.05, 4.69) is 9.97 Å². The second kappa shape index (κ2) is 6.06. The Labute approximate surface area is 131 Å². The van der Waals surface area contributed by atoms with Gasteiger partial charge >= 0.3 is 6.18 Å². The predicted molar refractivity (Wildman–Crippen MR) is 79.6 cm³/mol. The lowest BCUT2D eigenvalue weighted by Crippen LogP contribution is -2.23. The fourth-order valence-corrected chi connectivity index (χ4v) is 2.86. The van der Waals surface area contributed by atoms with Gasteiger partial charge < -0.3 is 9.64 Å². The molecule has 0 saturated carbocycles. The van der Waals surface area contributed by atoms with Gasteiger partial charge in [0.1, 0.15) is 11.4 Å². The highest BCUT2D eigenvalue weighted by molar-refractivity contribution is 5.41. The summed E-state index contributed by atoms with van der Waals surface area (Å²) >= 11 is 0. The third-order valence-electron chi connectivity index (χ3n) is 3.98. The number of alkyl halides is 3. The Kier molecular flexibility index (Phi) is 4.11. The van der Waals surface area contributed by atoms with Gasteiger partial charge in [-0.15, -0.1) is 0 Å². The number of halogens is 3. The number of ether oxygens (including phenoxy) is 1. The van der Waals surface area contributed by atoms with Crippen LogP contribution < -0.4 is 9.64 Å². The molecule has 4 nitrogen and oxygen atoms in total. The van der Waals surface area contributed by atoms with Crippen LogP contribution in [0.3, 0.4) is 0 Å². The first-order valence-corrected chi connectivity index (χ1v) is 7.27. The summed E-state index contributed by atoms with van der Waals surface area (Å²) in [4.78, 5) is 9.43. The largest absolute Gasteiger partial charge is 0.496 e. The lowest BCUT2D eigenvalue weighted by Gasteiger charge is -2.18. The molecule has 3 rings (SSSR count). The molecule has 1 atom stereocenters. The normalized spacial score (nSPS) is 18.3. The van der Waals surface area contributed by atoms with Crippen molar-refractivity contribution in [1.82, 2.24) is 9.97 Å². The van der Waals surface area contributed by atoms with E-state index in [0.717, 1.165) is 30.0 Å². The van der Waals surface area contributed by atoms with Crippen molar-refractivity contribution in [1.29, 1.82) is 0 Å². The maximum atomic E-state index is 12.8. The number of para-hydroxylation sites is 1. The van der Waals surface area contributed by atoms with Crippen LogP contribution in [0.4, 0.5) is 19.1 Å². The van der Waals surface area contributed by atoms with Crippen molar-refractivity contribution in [2.45, 2.75) is 18.5 Å². The highest BCUT2D eigenvalue weighted by Gasteiger charge is 2.34. The van der Waals surface area contributed by atoms with Gasteiger partial charge in [0, 0.05) is 25.2 Å². The average Bonchev–Trinajstić information content (AvgIpc) is 3.04. The van der Waals surface area contributed by atoms with E-state index in [1.54, 1.807) is 12.0 Å². The first kappa shape index (κ1) is 15.6. The van der Waals surface area contributed by atoms with Crippen LogP contribution in [0.25, 0.3) is 0 Å². The number of methoxy groups -OCH3 is 1. The third kappa shape index (κ3) is 3.23. The van der Waals surface area contributed by atoms with Crippen LogP contribution in [0.15, 0.2) is 36.5 Å². The van der Waals surface area contributed by atoms with E-state index in [-0.39, 0.29) is 11.9 Å². The van der Waals surface area contributed by atoms with Crippen molar-refractivity contribution in [2.24, 2.45) is 0 Å². The molecule has 1 unspecified atom stereocenters. The van der Waals surface area contributed by atoms with Crippen molar-refractivity contribution in [2.75, 3.05) is 25.1 Å². The quantitative estimate of drug-likeness (QED) is 0.866. The lowest BCUT2D eigenvalue weighted by atomic mass is 9.97. The first-order valence-electron chi connectivity index (χ1n) is 7.27. The van der Waals surface area contributed by atoms with E-state index >= 15 is 0 Å². The highest BCUT2D eigenvalue weighted by atomic mass is 19.4. The van der Waals surface area contributed by atoms with Crippen LogP contribution in [-0.4, -0.2) is 30.2 Å². The lowest BCUT2D eigenvalue weighted by molar-refractivity contribution is -0.141. The maximum Gasteiger partial charge on any atom is 0.433 e. The topological polar surface area (TPSA) is 38.2 Å². The van der Waals surface area contributed by atoms with Crippen LogP contribution in [0.5, 0.6) is 5.75 Å². The van der Waals surface area contributed by atoms with Crippen molar-refractivity contribution < 1.29 is 17.9 Å². The van der Waals surface area contributed by atoms with E-state index in [1.165, 1.54) is 0 Å². The molecule has 23 heavy (non-hydrogen) atoms. The van der Waals surface area contributed by atoms with E-state index in [9.17, 15) is 13.2 Å². The molecular weight excluding hydrogens is 307 g/mol. The molecule has 7 heteroatoms. The predicted octanol–water partition coefficient (Wildman–Crippen LogP) is 3.50. The van der Waals surface area contributed by atoms with Crippen molar-refractivity contribution in [3.05, 3.63) is 47.8 Å². The van der Waals surface area contributed by atoms with Crippen LogP contribution in [0.2, 0.25) is 0 Å². The van der Waals surface area contributed by atoms with Gasteiger partial charge in [-0.2, -0.15) is 13.2 Å². The van der Waals surface area contributed by atoms with Gasteiger partial charge in [-0.1, -0.05) is 18.2 Å². The molecule has 1 fully saturated rings. The van der Waals surface area contributed by atoms with E-state index < -0.39 is 11.9 Å². The van der Waals surface area contributed by atoms with Gasteiger partial charge in [0.2, 0.25) is 5.95 Å². The smallest absolute Gasteiger partial charge is 0.433 e. The second-order valence-corrected chi connectivity index (χ2v) is 5.41. The third-order valence-corrected chi connectivity index (χ3v) is 3.98. The highest BCUT2D eigenvalue weighted by Crippen LogP contribution is 2.35. The Morgan fingerprint density at radius 1 is 1.22 bits per heavy atom. The number of aromatic nitrogens is 2. The minimum absolute atomic E-state index is 0.122. The summed E-state index contributed by atoms with van der Waals surface area (Å²) in [5.74, 6) is 1.10. The molecule has 2 aromatic rings. The van der Waals surface area contributed by atoms with Gasteiger partial charge in [-0.05, 0) is 24.1 Å². The number of hydrogen-bond donors (Lipinski definition) is 0. The molecule has 0 radical (unpaired) electrons. The standard InChI is InChI=1S/C16H16F3N3O/c1-23-13-5-3-2-4-12(13)11-7-9-22(10-11)15-20-8-6-14(21-15)16(17,18)19/h2-6,8,11H,7,9-10H2,1H3. The molecule has 1 aliphatic heterocycles. The molecule has 0 amide bonds. The van der Waals surface area contributed by atoms with Gasteiger partial charge in [0.25, 0.3) is 0 Å². The molecule has 2 heterocycles. The molecule has 0 N–H and O–H groups in total. The average molecular weight is 323 g/mol. The molecule has 1 aromatic heterocycles. The summed E-state index contributed by atoms with van der Waals surface area (Å²) in [6, 6.07) is 8.59. The van der Waals surface area contributed by atoms with Crippen LogP contribution >= 0.6 is 0 Å². The summed E-state index contributed by atoms with van der Waals surface area (Å²) < 4.78 is 43.7. The fraction of sp³-hybridized carbons (Fsp3) is 0.375. The van der Waals surface area contributed by atoms with Gasteiger partial charge in [0.15, 0.2) is 0 Å². The van der Waals surface area contributed by atoms with Crippen molar-refractivity contribution >= 4 is 5.95 Å². The fourth-order valence-electron chi connectivity index (χ4n) is 2.86. The minimum atomic E-state index is -4.46. The zero-order valence-electron chi connectivity index (χ0n) is 12.5. The van der Waals surface area contributed by atoms with Crippen molar-refractivity contribution in [3.63, 3.8) is 0 Å². The summed E-state index contributed by atoms with van der Waals surface area (Å²) in [5, 5.41) is 0. The Bertz CT molecular complexity index is 690. The molecule has 122 valence electrons. The summed E-state index contributed by atoms with van der Waals surface area (Å²) in [6.45, 7) is 1.19. The molecule has 1 aromatic carbocycles. The zero-order valence-corrected chi connectivity index (χ0v) is 12.5. The molecule has 1 aliphatic rings. The Morgan fingerprint density at radius 2 is 2.00 bits per heavy atom. The molecule has 0 bridgehead atoms. The number of benzene rings is 1. The number of nitrogens with zero attached hydrogens (tertiary/aromatic N) is 3.